The fourth-order valence-corrected chi connectivity index (χ4v) is 3.59. The number of hydrogen-bond acceptors (Lipinski definition) is 3. The van der Waals surface area contributed by atoms with Crippen LogP contribution in [0.5, 0.6) is 0 Å². The van der Waals surface area contributed by atoms with Gasteiger partial charge in [0.05, 0.1) is 24.2 Å². The zero-order valence-corrected chi connectivity index (χ0v) is 16.8. The monoisotopic (exact) mass is 377 g/mol. The molecule has 0 bridgehead atoms. The molecule has 0 saturated heterocycles. The molecule has 0 atom stereocenters. The highest BCUT2D eigenvalue weighted by Gasteiger charge is 2.20. The number of methoxy groups -OCH3 is 1. The fraction of sp³-hybridized carbons (Fsp3) is 0.381. The maximum atomic E-state index is 14.3. The van der Waals surface area contributed by atoms with Gasteiger partial charge in [0.2, 0.25) is 0 Å². The molecule has 0 saturated carbocycles. The van der Waals surface area contributed by atoms with Crippen molar-refractivity contribution in [3.63, 3.8) is 0 Å². The van der Waals surface area contributed by atoms with Crippen LogP contribution in [0.1, 0.15) is 47.6 Å². The number of anilines is 2. The largest absolute Gasteiger partial charge is 0.469 e. The van der Waals surface area contributed by atoms with Crippen LogP contribution in [0.25, 0.3) is 0 Å². The fourth-order valence-electron chi connectivity index (χ4n) is 3.39. The van der Waals surface area contributed by atoms with Gasteiger partial charge in [-0.25, -0.2) is 4.39 Å². The van der Waals surface area contributed by atoms with Gasteiger partial charge in [0.15, 0.2) is 0 Å². The predicted octanol–water partition coefficient (Wildman–Crippen LogP) is 5.99. The Bertz CT molecular complexity index is 847. The molecule has 0 aromatic heterocycles. The average molecular weight is 378 g/mol. The lowest BCUT2D eigenvalue weighted by atomic mass is 9.88. The normalized spacial score (nSPS) is 11.0. The second-order valence-electron chi connectivity index (χ2n) is 6.84. The van der Waals surface area contributed by atoms with Crippen molar-refractivity contribution in [3.8, 4) is 0 Å². The molecule has 0 aliphatic heterocycles. The highest BCUT2D eigenvalue weighted by atomic mass is 35.5. The minimum absolute atomic E-state index is 0.107. The van der Waals surface area contributed by atoms with Gasteiger partial charge in [0, 0.05) is 5.69 Å². The van der Waals surface area contributed by atoms with Crippen LogP contribution in [0.3, 0.4) is 0 Å². The van der Waals surface area contributed by atoms with Crippen LogP contribution in [0, 0.1) is 26.6 Å². The van der Waals surface area contributed by atoms with Gasteiger partial charge < -0.3 is 10.1 Å². The summed E-state index contributed by atoms with van der Waals surface area (Å²) in [5.41, 5.74) is 5.73. The zero-order valence-electron chi connectivity index (χ0n) is 16.1. The molecule has 5 heteroatoms. The number of ether oxygens (including phenoxy) is 1. The van der Waals surface area contributed by atoms with Gasteiger partial charge in [0.1, 0.15) is 5.82 Å². The molecule has 2 aromatic carbocycles. The molecule has 0 heterocycles. The Morgan fingerprint density at radius 3 is 2.46 bits per heavy atom. The lowest BCUT2D eigenvalue weighted by Crippen LogP contribution is -2.12. The number of nitrogens with one attached hydrogen (secondary N) is 1. The van der Waals surface area contributed by atoms with Crippen LogP contribution >= 0.6 is 11.6 Å². The van der Waals surface area contributed by atoms with Gasteiger partial charge in [-0.15, -0.1) is 0 Å². The molecule has 2 aromatic rings. The summed E-state index contributed by atoms with van der Waals surface area (Å²) in [7, 11) is 1.36. The van der Waals surface area contributed by atoms with Crippen LogP contribution < -0.4 is 5.32 Å². The summed E-state index contributed by atoms with van der Waals surface area (Å²) in [6, 6.07) is 4.96. The predicted molar refractivity (Wildman–Crippen MR) is 105 cm³/mol. The third kappa shape index (κ3) is 4.01. The number of carbonyl (C=O) groups is 1. The van der Waals surface area contributed by atoms with Crippen molar-refractivity contribution >= 4 is 28.9 Å². The van der Waals surface area contributed by atoms with Crippen molar-refractivity contribution in [3.05, 3.63) is 56.9 Å². The molecule has 0 amide bonds. The molecule has 140 valence electrons. The molecular weight excluding hydrogens is 353 g/mol. The molecule has 2 rings (SSSR count). The number of hydrogen-bond donors (Lipinski definition) is 1. The number of carbonyl (C=O) groups excluding carboxylic acids is 1. The Balaban J connectivity index is 2.64. The summed E-state index contributed by atoms with van der Waals surface area (Å²) in [5.74, 6) is -0.474. The van der Waals surface area contributed by atoms with E-state index in [1.165, 1.54) is 18.7 Å². The second kappa shape index (κ2) is 8.09. The first-order chi connectivity index (χ1) is 12.2. The van der Waals surface area contributed by atoms with Crippen molar-refractivity contribution in [2.24, 2.45) is 0 Å². The van der Waals surface area contributed by atoms with Crippen molar-refractivity contribution in [2.75, 3.05) is 12.4 Å². The lowest BCUT2D eigenvalue weighted by Gasteiger charge is -2.22. The summed E-state index contributed by atoms with van der Waals surface area (Å²) in [5, 5.41) is 3.44. The van der Waals surface area contributed by atoms with Crippen LogP contribution in [-0.2, 0) is 16.0 Å². The third-order valence-electron chi connectivity index (χ3n) is 4.64. The first kappa shape index (κ1) is 20.2. The first-order valence-corrected chi connectivity index (χ1v) is 8.96. The summed E-state index contributed by atoms with van der Waals surface area (Å²) in [6.07, 6.45) is 0.107. The summed E-state index contributed by atoms with van der Waals surface area (Å²) >= 11 is 6.30. The van der Waals surface area contributed by atoms with Crippen molar-refractivity contribution < 1.29 is 13.9 Å². The number of rotatable bonds is 5. The van der Waals surface area contributed by atoms with Gasteiger partial charge in [0.25, 0.3) is 0 Å². The van der Waals surface area contributed by atoms with E-state index in [0.29, 0.717) is 16.6 Å². The van der Waals surface area contributed by atoms with Crippen LogP contribution in [0.4, 0.5) is 15.8 Å². The Morgan fingerprint density at radius 2 is 1.88 bits per heavy atom. The summed E-state index contributed by atoms with van der Waals surface area (Å²) < 4.78 is 19.2. The number of benzene rings is 2. The highest BCUT2D eigenvalue weighted by Crippen LogP contribution is 2.36. The van der Waals surface area contributed by atoms with E-state index in [2.05, 4.69) is 19.2 Å². The van der Waals surface area contributed by atoms with Gasteiger partial charge in [-0.1, -0.05) is 31.5 Å². The summed E-state index contributed by atoms with van der Waals surface area (Å²) in [4.78, 5) is 11.9. The molecule has 26 heavy (non-hydrogen) atoms. The SMILES string of the molecule is COC(=O)Cc1c(Nc2c(F)ccc(C)c2Cl)cc(C)c(C(C)C)c1C. The van der Waals surface area contributed by atoms with E-state index < -0.39 is 5.82 Å². The van der Waals surface area contributed by atoms with Gasteiger partial charge >= 0.3 is 5.97 Å². The minimum atomic E-state index is -0.437. The number of halogens is 2. The van der Waals surface area contributed by atoms with E-state index in [4.69, 9.17) is 16.3 Å². The first-order valence-electron chi connectivity index (χ1n) is 8.58. The molecule has 0 aliphatic carbocycles. The minimum Gasteiger partial charge on any atom is -0.469 e. The molecule has 0 aliphatic rings. The average Bonchev–Trinajstić information content (AvgIpc) is 2.57. The van der Waals surface area contributed by atoms with Crippen molar-refractivity contribution in [2.45, 2.75) is 47.0 Å². The van der Waals surface area contributed by atoms with Crippen molar-refractivity contribution in [1.82, 2.24) is 0 Å². The highest BCUT2D eigenvalue weighted by molar-refractivity contribution is 6.34. The molecule has 1 N–H and O–H groups in total. The molecule has 3 nitrogen and oxygen atoms in total. The van der Waals surface area contributed by atoms with Crippen LogP contribution in [0.2, 0.25) is 5.02 Å². The Morgan fingerprint density at radius 1 is 1.23 bits per heavy atom. The summed E-state index contributed by atoms with van der Waals surface area (Å²) in [6.45, 7) is 10.0. The van der Waals surface area contributed by atoms with Gasteiger partial charge in [-0.05, 0) is 66.6 Å². The quantitative estimate of drug-likeness (QED) is 0.650. The Kier molecular flexibility index (Phi) is 6.30. The topological polar surface area (TPSA) is 38.3 Å². The molecular formula is C21H25ClFNO2. The smallest absolute Gasteiger partial charge is 0.310 e. The third-order valence-corrected chi connectivity index (χ3v) is 5.12. The lowest BCUT2D eigenvalue weighted by molar-refractivity contribution is -0.139. The van der Waals surface area contributed by atoms with Gasteiger partial charge in [-0.2, -0.15) is 0 Å². The molecule has 0 spiro atoms. The Labute approximate surface area is 159 Å². The number of esters is 1. The Hall–Kier alpha value is -2.07. The van der Waals surface area contributed by atoms with E-state index in [1.54, 1.807) is 6.07 Å². The molecule has 0 unspecified atom stereocenters. The van der Waals surface area contributed by atoms with E-state index in [9.17, 15) is 9.18 Å². The molecule has 0 fully saturated rings. The second-order valence-corrected chi connectivity index (χ2v) is 7.22. The maximum absolute atomic E-state index is 14.3. The number of aryl methyl sites for hydroxylation is 2. The maximum Gasteiger partial charge on any atom is 0.310 e. The zero-order chi connectivity index (χ0) is 19.6. The van der Waals surface area contributed by atoms with Crippen LogP contribution in [-0.4, -0.2) is 13.1 Å². The van der Waals surface area contributed by atoms with E-state index >= 15 is 0 Å². The standard InChI is InChI=1S/C21H25ClFNO2/c1-11(2)19-13(4)9-17(15(14(19)5)10-18(25)26-6)24-21-16(23)8-7-12(3)20(21)22/h7-9,11,24H,10H2,1-6H3. The molecule has 0 radical (unpaired) electrons. The van der Waals surface area contributed by atoms with E-state index in [0.717, 1.165) is 22.3 Å². The van der Waals surface area contributed by atoms with Crippen LogP contribution in [0.15, 0.2) is 18.2 Å². The van der Waals surface area contributed by atoms with E-state index in [1.807, 2.05) is 26.8 Å². The van der Waals surface area contributed by atoms with Crippen molar-refractivity contribution in [1.29, 1.82) is 0 Å². The van der Waals surface area contributed by atoms with E-state index in [-0.39, 0.29) is 18.1 Å². The van der Waals surface area contributed by atoms with Gasteiger partial charge in [-0.3, -0.25) is 4.79 Å².